The van der Waals surface area contributed by atoms with Gasteiger partial charge in [0, 0.05) is 0 Å². The Morgan fingerprint density at radius 1 is 0.963 bits per heavy atom. The van der Waals surface area contributed by atoms with E-state index in [4.69, 9.17) is 14.9 Å². The van der Waals surface area contributed by atoms with Gasteiger partial charge in [-0.05, 0) is 0 Å². The number of halogens is 3. The molecule has 0 saturated carbocycles. The molecule has 0 aliphatic heterocycles. The maximum atomic E-state index is 6.75. The van der Waals surface area contributed by atoms with Crippen LogP contribution in [0.2, 0.25) is 18.1 Å². The number of benzene rings is 1. The van der Waals surface area contributed by atoms with Gasteiger partial charge in [0.05, 0.1) is 0 Å². The topological polar surface area (TPSA) is 9.23 Å². The second-order valence-corrected chi connectivity index (χ2v) is 22.0. The molecular weight excluding hydrogens is 451 g/mol. The zero-order valence-electron chi connectivity index (χ0n) is 17.8. The Kier molecular flexibility index (Phi) is 10.5. The van der Waals surface area contributed by atoms with Crippen molar-refractivity contribution in [2.24, 2.45) is 5.41 Å². The molecule has 0 N–H and O–H groups in total. The van der Waals surface area contributed by atoms with Crippen molar-refractivity contribution in [1.82, 2.24) is 0 Å². The average Bonchev–Trinajstić information content (AvgIpc) is 2.92. The monoisotopic (exact) mass is 483 g/mol. The molecule has 2 rings (SSSR count). The van der Waals surface area contributed by atoms with Crippen LogP contribution < -0.4 is 3.32 Å². The predicted octanol–water partition coefficient (Wildman–Crippen LogP) is 7.64. The minimum Gasteiger partial charge on any atom is -0.147 e. The normalized spacial score (nSPS) is 14.1. The zero-order valence-corrected chi connectivity index (χ0v) is 22.9. The van der Waals surface area contributed by atoms with Gasteiger partial charge in [-0.1, -0.05) is 0 Å². The molecule has 0 saturated heterocycles. The average molecular weight is 485 g/mol. The summed E-state index contributed by atoms with van der Waals surface area (Å²) in [6.45, 7) is 17.6. The minimum absolute atomic E-state index is 0. The molecular formula is C21H34Cl3OSiTi. The smallest absolute Gasteiger partial charge is 0.147 e. The van der Waals surface area contributed by atoms with Crippen LogP contribution in [-0.4, -0.2) is 6.66 Å². The molecule has 1 aromatic rings. The summed E-state index contributed by atoms with van der Waals surface area (Å²) in [6.07, 6.45) is 5.74. The third kappa shape index (κ3) is 7.25. The second-order valence-electron chi connectivity index (χ2n) is 9.30. The fraction of sp³-hybridized carbons (Fsp3) is 0.524. The van der Waals surface area contributed by atoms with Gasteiger partial charge in [-0.3, -0.25) is 0 Å². The fourth-order valence-electron chi connectivity index (χ4n) is 3.15. The van der Waals surface area contributed by atoms with Crippen LogP contribution in [-0.2, 0) is 22.9 Å². The van der Waals surface area contributed by atoms with Crippen LogP contribution in [0.15, 0.2) is 39.8 Å². The second kappa shape index (κ2) is 10.4. The van der Waals surface area contributed by atoms with Gasteiger partial charge in [-0.2, -0.15) is 0 Å². The van der Waals surface area contributed by atoms with Crippen LogP contribution >= 0.6 is 36.4 Å². The molecule has 1 aliphatic rings. The van der Waals surface area contributed by atoms with Crippen LogP contribution in [0.3, 0.4) is 0 Å². The van der Waals surface area contributed by atoms with Crippen molar-refractivity contribution in [3.8, 4) is 5.75 Å². The number of rotatable bonds is 4. The van der Waals surface area contributed by atoms with Gasteiger partial charge >= 0.3 is 167 Å². The van der Waals surface area contributed by atoms with Crippen LogP contribution in [0, 0.1) is 5.41 Å². The van der Waals surface area contributed by atoms with Crippen LogP contribution in [0.5, 0.6) is 5.75 Å². The Balaban J connectivity index is 0.00000338. The van der Waals surface area contributed by atoms with E-state index in [0.717, 1.165) is 17.2 Å². The maximum Gasteiger partial charge on any atom is -0.147 e. The van der Waals surface area contributed by atoms with E-state index in [1.165, 1.54) is 11.1 Å². The first-order valence-corrected chi connectivity index (χ1v) is 16.5. The summed E-state index contributed by atoms with van der Waals surface area (Å²) in [6, 6.07) is 6.27. The van der Waals surface area contributed by atoms with Crippen molar-refractivity contribution in [3.63, 3.8) is 0 Å². The predicted molar refractivity (Wildman–Crippen MR) is 124 cm³/mol. The zero-order chi connectivity index (χ0) is 19.0. The van der Waals surface area contributed by atoms with Crippen LogP contribution in [0.1, 0.15) is 53.5 Å². The van der Waals surface area contributed by atoms with E-state index in [1.807, 2.05) is 6.07 Å². The Labute approximate surface area is 190 Å². The molecule has 0 heterocycles. The summed E-state index contributed by atoms with van der Waals surface area (Å²) in [5, 5.41) is 0.778. The Hall–Kier alpha value is 0.301. The van der Waals surface area contributed by atoms with Gasteiger partial charge in [-0.15, -0.1) is 24.8 Å². The first kappa shape index (κ1) is 27.3. The van der Waals surface area contributed by atoms with Gasteiger partial charge in [0.15, 0.2) is 0 Å². The van der Waals surface area contributed by atoms with Crippen molar-refractivity contribution < 1.29 is 20.8 Å². The molecule has 0 bridgehead atoms. The van der Waals surface area contributed by atoms with E-state index in [2.05, 4.69) is 78.9 Å². The molecule has 0 unspecified atom stereocenters. The van der Waals surface area contributed by atoms with Crippen LogP contribution in [0.25, 0.3) is 0 Å². The molecule has 27 heavy (non-hydrogen) atoms. The van der Waals surface area contributed by atoms with E-state index in [0.29, 0.717) is 0 Å². The van der Waals surface area contributed by atoms with E-state index >= 15 is 0 Å². The number of hydrogen-bond acceptors (Lipinski definition) is 1. The third-order valence-electron chi connectivity index (χ3n) is 4.53. The van der Waals surface area contributed by atoms with E-state index < -0.39 is 24.2 Å². The molecule has 1 nitrogen and oxygen atoms in total. The molecule has 6 heteroatoms. The SMILES string of the molecule is C[SiH](C)[Ti]([O]c1cc(Cl)cc(C(C)(C)C)c1)[C]1=C(C(C)(C)C)C=CC1.Cl.Cl. The molecule has 1 aliphatic carbocycles. The summed E-state index contributed by atoms with van der Waals surface area (Å²) < 4.78 is 8.38. The van der Waals surface area contributed by atoms with Gasteiger partial charge in [0.1, 0.15) is 0 Å². The molecule has 0 fully saturated rings. The quantitative estimate of drug-likeness (QED) is 0.399. The van der Waals surface area contributed by atoms with Crippen molar-refractivity contribution in [1.29, 1.82) is 0 Å². The Bertz CT molecular complexity index is 700. The Morgan fingerprint density at radius 2 is 1.56 bits per heavy atom. The fourth-order valence-corrected chi connectivity index (χ4v) is 12.8. The molecule has 1 aromatic carbocycles. The van der Waals surface area contributed by atoms with E-state index in [1.54, 1.807) is 3.88 Å². The first-order valence-electron chi connectivity index (χ1n) is 9.16. The first-order chi connectivity index (χ1) is 11.4. The molecule has 0 spiro atoms. The number of allylic oxidation sites excluding steroid dienone is 4. The Morgan fingerprint density at radius 3 is 2.04 bits per heavy atom. The molecule has 153 valence electrons. The largest absolute Gasteiger partial charge is 0.147 e. The molecule has 0 radical (unpaired) electrons. The van der Waals surface area contributed by atoms with Gasteiger partial charge in [0.2, 0.25) is 0 Å². The number of hydrogen-bond donors (Lipinski definition) is 0. The van der Waals surface area contributed by atoms with Crippen molar-refractivity contribution >= 4 is 43.1 Å². The summed E-state index contributed by atoms with van der Waals surface area (Å²) in [7, 11) is 0. The summed E-state index contributed by atoms with van der Waals surface area (Å²) in [5.74, 6) is 0.973. The van der Waals surface area contributed by atoms with Gasteiger partial charge in [-0.25, -0.2) is 0 Å². The van der Waals surface area contributed by atoms with Gasteiger partial charge in [0.25, 0.3) is 0 Å². The van der Waals surface area contributed by atoms with E-state index in [-0.39, 0.29) is 35.6 Å². The van der Waals surface area contributed by atoms with Crippen molar-refractivity contribution in [2.45, 2.75) is 66.5 Å². The van der Waals surface area contributed by atoms with E-state index in [9.17, 15) is 0 Å². The van der Waals surface area contributed by atoms with Crippen molar-refractivity contribution in [2.75, 3.05) is 0 Å². The maximum absolute atomic E-state index is 6.75. The summed E-state index contributed by atoms with van der Waals surface area (Å²) in [5.41, 5.74) is 3.02. The van der Waals surface area contributed by atoms with Crippen molar-refractivity contribution in [3.05, 3.63) is 50.4 Å². The van der Waals surface area contributed by atoms with Gasteiger partial charge < -0.3 is 0 Å². The standard InChI is InChI=1S/C10H13ClO.C9H13.C2H7Si.2ClH.Ti/c1-10(2,3)7-4-8(11)6-9(12)5-7;1-9(2,3)8-6-4-5-7-8;1-3-2;;;/h4-6,12H,1-3H3;4,6H,5H2,1-3H3;3H,1-2H3;2*1H;/q;;;;;+1/p-1. The molecule has 0 atom stereocenters. The summed E-state index contributed by atoms with van der Waals surface area (Å²) in [4.78, 5) is 0. The molecule has 0 amide bonds. The summed E-state index contributed by atoms with van der Waals surface area (Å²) >= 11 is 4.63. The molecule has 0 aromatic heterocycles. The van der Waals surface area contributed by atoms with Crippen LogP contribution in [0.4, 0.5) is 0 Å². The third-order valence-corrected chi connectivity index (χ3v) is 15.0. The minimum atomic E-state index is -1.77.